The molecule has 8 aliphatic carbocycles. The molecule has 4 nitrogen and oxygen atoms in total. The fraction of sp³-hybridized carbons (Fsp3) is 0.333. The standard InChI is InChI=1S/C57H44N4/c58-27-36-22-47-54(51-33-16-29-13-30(17-33)15-32(14-29)49(36)51)43-20-31(41-10-6-12-46-53(41)42-9-4-5-11-45(42)60(46)40-7-2-1-3-8-40)21-44-55-48(61(47)56(43)44)23-37(28-59)50-34-18-38-24-39-19-35(52(50)55)26-57(38,39)25-34/h1-12,20-23,29-30,32-35,38-39H,13-19,24-26H2. The van der Waals surface area contributed by atoms with Crippen molar-refractivity contribution < 1.29 is 0 Å². The molecule has 0 saturated heterocycles. The highest BCUT2D eigenvalue weighted by Gasteiger charge is 2.66. The van der Waals surface area contributed by atoms with Crippen molar-refractivity contribution in [1.82, 2.24) is 8.97 Å². The minimum atomic E-state index is 0.469. The Hall–Kier alpha value is -6.10. The fourth-order valence-electron chi connectivity index (χ4n) is 17.1. The van der Waals surface area contributed by atoms with E-state index < -0.39 is 0 Å². The summed E-state index contributed by atoms with van der Waals surface area (Å²) in [7, 11) is 0. The Balaban J connectivity index is 1.09. The van der Waals surface area contributed by atoms with Gasteiger partial charge in [0.25, 0.3) is 0 Å². The maximum Gasteiger partial charge on any atom is 0.0995 e. The second-order valence-corrected chi connectivity index (χ2v) is 21.1. The van der Waals surface area contributed by atoms with Crippen LogP contribution in [-0.4, -0.2) is 8.97 Å². The molecule has 0 N–H and O–H groups in total. The normalized spacial score (nSPS) is 30.0. The molecular formula is C57H44N4. The number of fused-ring (bicyclic) bond motifs is 15. The molecule has 0 amide bonds. The first-order chi connectivity index (χ1) is 30.1. The van der Waals surface area contributed by atoms with Gasteiger partial charge in [-0.3, -0.25) is 0 Å². The quantitative estimate of drug-likeness (QED) is 0.175. The van der Waals surface area contributed by atoms with Crippen LogP contribution in [-0.2, 0) is 0 Å². The lowest BCUT2D eigenvalue weighted by Gasteiger charge is -2.48. The molecule has 0 aliphatic heterocycles. The van der Waals surface area contributed by atoms with Crippen molar-refractivity contribution in [3.8, 4) is 29.0 Å². The summed E-state index contributed by atoms with van der Waals surface area (Å²) in [5.41, 5.74) is 18.0. The van der Waals surface area contributed by atoms with Crippen LogP contribution in [0.4, 0.5) is 0 Å². The first-order valence-corrected chi connectivity index (χ1v) is 23.4. The molecule has 8 aliphatic rings. The summed E-state index contributed by atoms with van der Waals surface area (Å²) < 4.78 is 5.01. The molecule has 6 aromatic carbocycles. The molecule has 3 aromatic heterocycles. The highest BCUT2D eigenvalue weighted by Crippen LogP contribution is 2.77. The highest BCUT2D eigenvalue weighted by atomic mass is 15.0. The van der Waals surface area contributed by atoms with Gasteiger partial charge in [0.05, 0.1) is 50.8 Å². The lowest BCUT2D eigenvalue weighted by molar-refractivity contribution is 0.00322. The number of hydrogen-bond donors (Lipinski definition) is 0. The smallest absolute Gasteiger partial charge is 0.0995 e. The van der Waals surface area contributed by atoms with Crippen LogP contribution >= 0.6 is 0 Å². The van der Waals surface area contributed by atoms with Crippen molar-refractivity contribution in [1.29, 1.82) is 10.5 Å². The van der Waals surface area contributed by atoms with E-state index in [1.54, 1.807) is 0 Å². The Labute approximate surface area is 354 Å². The first kappa shape index (κ1) is 32.6. The zero-order valence-corrected chi connectivity index (χ0v) is 34.2. The maximum atomic E-state index is 11.1. The Morgan fingerprint density at radius 3 is 1.77 bits per heavy atom. The predicted octanol–water partition coefficient (Wildman–Crippen LogP) is 14.1. The van der Waals surface area contributed by atoms with Gasteiger partial charge in [0.2, 0.25) is 0 Å². The van der Waals surface area contributed by atoms with E-state index in [4.69, 9.17) is 0 Å². The highest BCUT2D eigenvalue weighted by molar-refractivity contribution is 6.27. The van der Waals surface area contributed by atoms with Crippen molar-refractivity contribution in [2.45, 2.75) is 87.9 Å². The van der Waals surface area contributed by atoms with E-state index in [9.17, 15) is 10.5 Å². The molecule has 61 heavy (non-hydrogen) atoms. The molecule has 5 fully saturated rings. The number of hydrogen-bond acceptors (Lipinski definition) is 2. The Kier molecular flexibility index (Phi) is 5.81. The van der Waals surface area contributed by atoms with Crippen LogP contribution in [0.5, 0.6) is 0 Å². The third-order valence-corrected chi connectivity index (χ3v) is 18.7. The molecule has 3 heterocycles. The summed E-state index contributed by atoms with van der Waals surface area (Å²) in [5, 5.41) is 30.3. The number of para-hydroxylation sites is 2. The molecule has 4 heteroatoms. The molecule has 1 spiro atoms. The van der Waals surface area contributed by atoms with E-state index in [1.807, 2.05) is 0 Å². The van der Waals surface area contributed by atoms with Crippen molar-refractivity contribution >= 4 is 59.9 Å². The molecule has 292 valence electrons. The van der Waals surface area contributed by atoms with Crippen LogP contribution in [0.15, 0.2) is 97.1 Å². The summed E-state index contributed by atoms with van der Waals surface area (Å²) in [6.45, 7) is 0. The first-order valence-electron chi connectivity index (χ1n) is 23.4. The zero-order chi connectivity index (χ0) is 39.6. The van der Waals surface area contributed by atoms with Gasteiger partial charge in [0.1, 0.15) is 0 Å². The number of nitriles is 2. The topological polar surface area (TPSA) is 56.9 Å². The van der Waals surface area contributed by atoms with E-state index >= 15 is 0 Å². The summed E-state index contributed by atoms with van der Waals surface area (Å²) >= 11 is 0. The Morgan fingerprint density at radius 2 is 1.08 bits per heavy atom. The lowest BCUT2D eigenvalue weighted by Crippen LogP contribution is -2.41. The third-order valence-electron chi connectivity index (χ3n) is 18.7. The van der Waals surface area contributed by atoms with Crippen LogP contribution in [0, 0.1) is 51.7 Å². The van der Waals surface area contributed by atoms with Crippen LogP contribution in [0.2, 0.25) is 0 Å². The van der Waals surface area contributed by atoms with Gasteiger partial charge in [-0.15, -0.1) is 0 Å². The molecule has 7 unspecified atom stereocenters. The van der Waals surface area contributed by atoms with Gasteiger partial charge in [0, 0.05) is 38.0 Å². The molecular weight excluding hydrogens is 741 g/mol. The van der Waals surface area contributed by atoms with Crippen LogP contribution in [0.3, 0.4) is 0 Å². The fourth-order valence-corrected chi connectivity index (χ4v) is 17.1. The molecule has 17 rings (SSSR count). The van der Waals surface area contributed by atoms with Gasteiger partial charge in [0.15, 0.2) is 0 Å². The average Bonchev–Trinajstić information content (AvgIpc) is 4.01. The Bertz CT molecular complexity index is 3570. The minimum Gasteiger partial charge on any atom is -0.309 e. The molecule has 5 saturated carbocycles. The molecule has 9 aromatic rings. The second kappa shape index (κ2) is 10.9. The monoisotopic (exact) mass is 784 g/mol. The van der Waals surface area contributed by atoms with Gasteiger partial charge in [-0.1, -0.05) is 48.5 Å². The third kappa shape index (κ3) is 3.74. The SMILES string of the molecule is N#Cc1cc2c(c3c1C1CC4CC(C1)CC3C4)c1cc(-c3cccc4c3c3ccccc3n4-c3ccccc3)cc3c4c5c(c(C#N)cc4n2c13)C1CC2CC3CC5CC23C1. The number of nitrogens with zero attached hydrogens (tertiary/aromatic N) is 4. The molecule has 7 bridgehead atoms. The van der Waals surface area contributed by atoms with Gasteiger partial charge in [-0.2, -0.15) is 10.5 Å². The van der Waals surface area contributed by atoms with Gasteiger partial charge in [-0.05, 0) is 199 Å². The van der Waals surface area contributed by atoms with Crippen molar-refractivity contribution in [3.63, 3.8) is 0 Å². The zero-order valence-electron chi connectivity index (χ0n) is 34.2. The maximum absolute atomic E-state index is 11.1. The number of aromatic nitrogens is 2. The summed E-state index contributed by atoms with van der Waals surface area (Å²) in [6.07, 6.45) is 12.8. The van der Waals surface area contributed by atoms with Crippen molar-refractivity contribution in [3.05, 3.63) is 130 Å². The van der Waals surface area contributed by atoms with Crippen LogP contribution < -0.4 is 0 Å². The summed E-state index contributed by atoms with van der Waals surface area (Å²) in [6, 6.07) is 42.1. The Morgan fingerprint density at radius 1 is 0.492 bits per heavy atom. The molecule has 7 atom stereocenters. The van der Waals surface area contributed by atoms with E-state index in [2.05, 4.69) is 118 Å². The average molecular weight is 785 g/mol. The van der Waals surface area contributed by atoms with E-state index in [1.165, 1.54) is 163 Å². The van der Waals surface area contributed by atoms with Crippen LogP contribution in [0.25, 0.3) is 76.7 Å². The number of benzene rings is 6. The van der Waals surface area contributed by atoms with E-state index in [0.717, 1.165) is 34.8 Å². The summed E-state index contributed by atoms with van der Waals surface area (Å²) in [4.78, 5) is 0. The summed E-state index contributed by atoms with van der Waals surface area (Å²) in [5.74, 6) is 5.13. The van der Waals surface area contributed by atoms with Gasteiger partial charge >= 0.3 is 0 Å². The minimum absolute atomic E-state index is 0.469. The van der Waals surface area contributed by atoms with Crippen molar-refractivity contribution in [2.24, 2.45) is 29.1 Å². The second-order valence-electron chi connectivity index (χ2n) is 21.1. The van der Waals surface area contributed by atoms with Gasteiger partial charge in [-0.25, -0.2) is 0 Å². The predicted molar refractivity (Wildman–Crippen MR) is 244 cm³/mol. The van der Waals surface area contributed by atoms with Gasteiger partial charge < -0.3 is 8.97 Å². The molecule has 0 radical (unpaired) electrons. The van der Waals surface area contributed by atoms with E-state index in [-0.39, 0.29) is 0 Å². The largest absolute Gasteiger partial charge is 0.309 e. The van der Waals surface area contributed by atoms with Crippen LogP contribution in [0.1, 0.15) is 121 Å². The lowest BCUT2D eigenvalue weighted by atomic mass is 9.56. The number of rotatable bonds is 2. The van der Waals surface area contributed by atoms with Crippen molar-refractivity contribution in [2.75, 3.05) is 0 Å². The van der Waals surface area contributed by atoms with E-state index in [0.29, 0.717) is 29.1 Å².